The zero-order valence-corrected chi connectivity index (χ0v) is 6.60. The first kappa shape index (κ1) is 11.9. The maximum atomic E-state index is 8.76. The summed E-state index contributed by atoms with van der Waals surface area (Å²) in [7, 11) is 0. The first-order valence-corrected chi connectivity index (χ1v) is 4.32. The van der Waals surface area contributed by atoms with Gasteiger partial charge in [0.15, 0.2) is 0 Å². The molecule has 0 saturated heterocycles. The average Bonchev–Trinajstić information content (AvgIpc) is 1.65. The zero-order chi connectivity index (χ0) is 7.86. The average molecular weight is 205 g/mol. The van der Waals surface area contributed by atoms with Gasteiger partial charge in [-0.25, -0.2) is 0 Å². The molecule has 0 aliphatic rings. The van der Waals surface area contributed by atoms with Crippen molar-refractivity contribution in [1.82, 2.24) is 0 Å². The van der Waals surface area contributed by atoms with Gasteiger partial charge in [0.2, 0.25) is 0 Å². The van der Waals surface area contributed by atoms with E-state index in [4.69, 9.17) is 22.4 Å². The van der Waals surface area contributed by atoms with Gasteiger partial charge in [0.05, 0.1) is 12.7 Å². The number of aliphatic hydroxyl groups is 2. The summed E-state index contributed by atoms with van der Waals surface area (Å²) in [5.74, 6) is 0. The summed E-state index contributed by atoms with van der Waals surface area (Å²) in [4.78, 5) is 0. The van der Waals surface area contributed by atoms with Crippen LogP contribution in [0.15, 0.2) is 0 Å². The first-order valence-electron chi connectivity index (χ1n) is 2.09. The Morgan fingerprint density at radius 1 is 1.56 bits per heavy atom. The summed E-state index contributed by atoms with van der Waals surface area (Å²) >= 11 is -3.29. The molecule has 0 fully saturated rings. The van der Waals surface area contributed by atoms with Crippen LogP contribution in [0.25, 0.3) is 0 Å². The molecule has 5 nitrogen and oxygen atoms in total. The summed E-state index contributed by atoms with van der Waals surface area (Å²) < 4.78 is 23.1. The van der Waals surface area contributed by atoms with Crippen LogP contribution in [0.1, 0.15) is 6.92 Å². The van der Waals surface area contributed by atoms with Gasteiger partial charge in [-0.15, -0.1) is 0 Å². The second-order valence-electron chi connectivity index (χ2n) is 1.26. The van der Waals surface area contributed by atoms with E-state index in [1.807, 2.05) is 0 Å². The van der Waals surface area contributed by atoms with E-state index in [9.17, 15) is 0 Å². The molecule has 9 heavy (non-hydrogen) atoms. The molecule has 0 aromatic carbocycles. The van der Waals surface area contributed by atoms with Crippen molar-refractivity contribution in [2.45, 2.75) is 13.0 Å². The quantitative estimate of drug-likeness (QED) is 0.362. The van der Waals surface area contributed by atoms with Crippen LogP contribution in [0.4, 0.5) is 0 Å². The molecule has 0 aromatic rings. The van der Waals surface area contributed by atoms with Crippen molar-refractivity contribution >= 4 is 14.5 Å². The molecule has 0 aromatic heterocycles. The van der Waals surface area contributed by atoms with Crippen molar-refractivity contribution in [3.63, 3.8) is 0 Å². The molecule has 6 heteroatoms. The van der Waals surface area contributed by atoms with Gasteiger partial charge in [-0.3, -0.25) is 0 Å². The van der Waals surface area contributed by atoms with Gasteiger partial charge < -0.3 is 10.2 Å². The molecule has 0 saturated carbocycles. The van der Waals surface area contributed by atoms with Gasteiger partial charge in [0.25, 0.3) is 0 Å². The minimum absolute atomic E-state index is 0.139. The third kappa shape index (κ3) is 66.4. The Kier molecular flexibility index (Phi) is 10.8. The minimum atomic E-state index is -3.29. The van der Waals surface area contributed by atoms with Gasteiger partial charge in [0, 0.05) is 0 Å². The Hall–Kier alpha value is 0.159. The first-order chi connectivity index (χ1) is 4.00. The molecule has 0 bridgehead atoms. The summed E-state index contributed by atoms with van der Waals surface area (Å²) in [6, 6.07) is 0. The molecule has 0 heterocycles. The van der Waals surface area contributed by atoms with Gasteiger partial charge in [-0.05, 0) is 6.92 Å². The normalized spacial score (nSPS) is 12.2. The molecular weight excluding hydrogens is 195 g/mol. The van der Waals surface area contributed by atoms with Crippen molar-refractivity contribution in [2.75, 3.05) is 6.61 Å². The summed E-state index contributed by atoms with van der Waals surface area (Å²) in [6.07, 6.45) is -0.560. The Balaban J connectivity index is 0. The van der Waals surface area contributed by atoms with Gasteiger partial charge in [-0.1, -0.05) is 0 Å². The van der Waals surface area contributed by atoms with E-state index in [-0.39, 0.29) is 6.61 Å². The topological polar surface area (TPSA) is 98.0 Å². The van der Waals surface area contributed by atoms with Crippen molar-refractivity contribution < 1.29 is 22.4 Å². The molecule has 0 aliphatic heterocycles. The van der Waals surface area contributed by atoms with E-state index in [1.54, 1.807) is 0 Å². The molecule has 1 atom stereocenters. The SMILES string of the molecule is CC(O)CO.O=[Se](O)O. The van der Waals surface area contributed by atoms with Crippen LogP contribution in [0.3, 0.4) is 0 Å². The Labute approximate surface area is 57.3 Å². The van der Waals surface area contributed by atoms with Crippen LogP contribution in [-0.2, 0) is 3.83 Å². The fourth-order valence-corrected chi connectivity index (χ4v) is 0. The van der Waals surface area contributed by atoms with Crippen molar-refractivity contribution in [1.29, 1.82) is 0 Å². The van der Waals surface area contributed by atoms with Crippen molar-refractivity contribution in [2.24, 2.45) is 0 Å². The predicted molar refractivity (Wildman–Crippen MR) is 29.6 cm³/mol. The molecule has 58 valence electrons. The van der Waals surface area contributed by atoms with E-state index in [1.165, 1.54) is 6.92 Å². The van der Waals surface area contributed by atoms with Crippen LogP contribution in [0.2, 0.25) is 0 Å². The van der Waals surface area contributed by atoms with E-state index >= 15 is 0 Å². The van der Waals surface area contributed by atoms with Crippen molar-refractivity contribution in [3.8, 4) is 0 Å². The molecular formula is C3H10O5Se. The molecule has 0 aliphatic carbocycles. The Bertz CT molecular complexity index is 68.6. The van der Waals surface area contributed by atoms with E-state index in [0.717, 1.165) is 0 Å². The Morgan fingerprint density at radius 3 is 1.67 bits per heavy atom. The molecule has 1 unspecified atom stereocenters. The van der Waals surface area contributed by atoms with Crippen molar-refractivity contribution in [3.05, 3.63) is 0 Å². The molecule has 4 N–H and O–H groups in total. The summed E-state index contributed by atoms with van der Waals surface area (Å²) in [5.41, 5.74) is 0. The summed E-state index contributed by atoms with van der Waals surface area (Å²) in [6.45, 7) is 1.39. The predicted octanol–water partition coefficient (Wildman–Crippen LogP) is -2.25. The second-order valence-corrected chi connectivity index (χ2v) is 2.23. The van der Waals surface area contributed by atoms with Crippen LogP contribution in [0.5, 0.6) is 0 Å². The maximum absolute atomic E-state index is 8.76. The zero-order valence-electron chi connectivity index (χ0n) is 4.89. The number of aliphatic hydroxyl groups excluding tert-OH is 2. The second kappa shape index (κ2) is 8.16. The van der Waals surface area contributed by atoms with Gasteiger partial charge in [-0.2, -0.15) is 0 Å². The molecule has 0 radical (unpaired) electrons. The number of hydrogen-bond acceptors (Lipinski definition) is 3. The summed E-state index contributed by atoms with van der Waals surface area (Å²) in [5, 5.41) is 16.0. The monoisotopic (exact) mass is 206 g/mol. The van der Waals surface area contributed by atoms with Crippen LogP contribution in [0, 0.1) is 0 Å². The van der Waals surface area contributed by atoms with E-state index < -0.39 is 20.6 Å². The molecule has 0 spiro atoms. The Morgan fingerprint density at radius 2 is 1.67 bits per heavy atom. The van der Waals surface area contributed by atoms with Gasteiger partial charge >= 0.3 is 26.7 Å². The van der Waals surface area contributed by atoms with Crippen LogP contribution in [-0.4, -0.2) is 45.8 Å². The van der Waals surface area contributed by atoms with Gasteiger partial charge in [0.1, 0.15) is 0 Å². The fraction of sp³-hybridized carbons (Fsp3) is 1.00. The fourth-order valence-electron chi connectivity index (χ4n) is 0. The molecule has 0 rings (SSSR count). The third-order valence-electron chi connectivity index (χ3n) is 0.264. The van der Waals surface area contributed by atoms with Crippen LogP contribution < -0.4 is 0 Å². The van der Waals surface area contributed by atoms with E-state index in [2.05, 4.69) is 0 Å². The third-order valence-corrected chi connectivity index (χ3v) is 0.264. The van der Waals surface area contributed by atoms with Crippen LogP contribution >= 0.6 is 0 Å². The van der Waals surface area contributed by atoms with E-state index in [0.29, 0.717) is 0 Å². The number of hydrogen-bond donors (Lipinski definition) is 4. The number of rotatable bonds is 1. The molecule has 0 amide bonds. The standard InChI is InChI=1S/C3H8O2.H2O3Se/c1-3(5)2-4;1-4(2)3/h3-5H,2H2,1H3;(H2,1,2,3).